The van der Waals surface area contributed by atoms with E-state index in [2.05, 4.69) is 30.7 Å². The van der Waals surface area contributed by atoms with E-state index in [1.165, 1.54) is 0 Å². The van der Waals surface area contributed by atoms with Gasteiger partial charge in [0.2, 0.25) is 0 Å². The van der Waals surface area contributed by atoms with Crippen molar-refractivity contribution in [2.45, 2.75) is 44.8 Å². The molecule has 1 aromatic rings. The first-order chi connectivity index (χ1) is 9.59. The predicted octanol–water partition coefficient (Wildman–Crippen LogP) is 3.40. The smallest absolute Gasteiger partial charge is 0.138 e. The van der Waals surface area contributed by atoms with Crippen molar-refractivity contribution >= 4 is 11.6 Å². The topological polar surface area (TPSA) is 31.4 Å². The van der Waals surface area contributed by atoms with Crippen LogP contribution in [0.25, 0.3) is 0 Å². The molecule has 108 valence electrons. The third-order valence-corrected chi connectivity index (χ3v) is 3.34. The van der Waals surface area contributed by atoms with Crippen LogP contribution < -0.4 is 4.74 Å². The van der Waals surface area contributed by atoms with Crippen molar-refractivity contribution in [1.82, 2.24) is 4.98 Å². The van der Waals surface area contributed by atoms with Crippen LogP contribution >= 0.6 is 11.6 Å². The number of hydrogen-bond donors (Lipinski definition) is 0. The summed E-state index contributed by atoms with van der Waals surface area (Å²) in [6.45, 7) is 4.78. The van der Waals surface area contributed by atoms with Crippen LogP contribution in [0.1, 0.15) is 38.7 Å². The lowest BCUT2D eigenvalue weighted by atomic mass is 10.1. The number of hydrogen-bond acceptors (Lipinski definition) is 3. The summed E-state index contributed by atoms with van der Waals surface area (Å²) in [4.78, 5) is 4.14. The number of pyridine rings is 1. The van der Waals surface area contributed by atoms with Gasteiger partial charge in [-0.2, -0.15) is 0 Å². The molecule has 1 fully saturated rings. The summed E-state index contributed by atoms with van der Waals surface area (Å²) in [6.07, 6.45) is 6.38. The number of alkyl halides is 1. The molecule has 0 radical (unpaired) electrons. The van der Waals surface area contributed by atoms with E-state index in [9.17, 15) is 0 Å². The number of aromatic nitrogens is 1. The van der Waals surface area contributed by atoms with Crippen LogP contribution in [0.4, 0.5) is 0 Å². The molecule has 0 amide bonds. The lowest BCUT2D eigenvalue weighted by Crippen LogP contribution is -2.23. The van der Waals surface area contributed by atoms with Gasteiger partial charge in [-0.15, -0.1) is 11.6 Å². The van der Waals surface area contributed by atoms with Crippen LogP contribution in [0.5, 0.6) is 5.75 Å². The van der Waals surface area contributed by atoms with E-state index in [1.54, 1.807) is 12.4 Å². The Hall–Kier alpha value is -1.24. The lowest BCUT2D eigenvalue weighted by molar-refractivity contribution is -0.0327. The Kier molecular flexibility index (Phi) is 5.28. The zero-order chi connectivity index (χ0) is 14.4. The third kappa shape index (κ3) is 4.70. The Labute approximate surface area is 125 Å². The van der Waals surface area contributed by atoms with Gasteiger partial charge in [0.05, 0.1) is 17.9 Å². The first kappa shape index (κ1) is 15.2. The Morgan fingerprint density at radius 3 is 3.05 bits per heavy atom. The van der Waals surface area contributed by atoms with Gasteiger partial charge in [0.15, 0.2) is 0 Å². The Morgan fingerprint density at radius 1 is 1.50 bits per heavy atom. The van der Waals surface area contributed by atoms with Crippen LogP contribution in [-0.2, 0) is 4.74 Å². The van der Waals surface area contributed by atoms with E-state index in [1.807, 2.05) is 6.07 Å². The molecule has 3 nitrogen and oxygen atoms in total. The molecular formula is C16H20ClNO2. The maximum atomic E-state index is 5.89. The molecule has 2 rings (SSSR count). The molecule has 1 atom stereocenters. The van der Waals surface area contributed by atoms with Crippen molar-refractivity contribution in [2.75, 3.05) is 12.5 Å². The highest BCUT2D eigenvalue weighted by Gasteiger charge is 2.31. The summed E-state index contributed by atoms with van der Waals surface area (Å²) in [5.41, 5.74) is 0.821. The Morgan fingerprint density at radius 2 is 2.35 bits per heavy atom. The van der Waals surface area contributed by atoms with Crippen LogP contribution in [0.15, 0.2) is 18.5 Å². The van der Waals surface area contributed by atoms with Gasteiger partial charge in [0.25, 0.3) is 0 Å². The van der Waals surface area contributed by atoms with Gasteiger partial charge in [0.1, 0.15) is 12.4 Å². The van der Waals surface area contributed by atoms with E-state index < -0.39 is 0 Å². The summed E-state index contributed by atoms with van der Waals surface area (Å²) in [6, 6.07) is 1.90. The molecule has 20 heavy (non-hydrogen) atoms. The SMILES string of the molecule is CC1(C)CCC(COc2cncc(C#CCCCl)c2)O1. The second-order valence-corrected chi connectivity index (χ2v) is 5.88. The first-order valence-electron chi connectivity index (χ1n) is 6.89. The molecule has 0 aromatic carbocycles. The molecule has 1 unspecified atom stereocenters. The fraction of sp³-hybridized carbons (Fsp3) is 0.562. The highest BCUT2D eigenvalue weighted by Crippen LogP contribution is 2.29. The van der Waals surface area contributed by atoms with Gasteiger partial charge in [-0.25, -0.2) is 0 Å². The van der Waals surface area contributed by atoms with Crippen LogP contribution in [0.2, 0.25) is 0 Å². The van der Waals surface area contributed by atoms with E-state index in [0.29, 0.717) is 18.9 Å². The van der Waals surface area contributed by atoms with Gasteiger partial charge in [-0.1, -0.05) is 11.8 Å². The van der Waals surface area contributed by atoms with Gasteiger partial charge < -0.3 is 9.47 Å². The maximum absolute atomic E-state index is 5.89. The van der Waals surface area contributed by atoms with Crippen molar-refractivity contribution in [2.24, 2.45) is 0 Å². The van der Waals surface area contributed by atoms with E-state index in [0.717, 1.165) is 24.2 Å². The van der Waals surface area contributed by atoms with Crippen LogP contribution in [-0.4, -0.2) is 29.2 Å². The third-order valence-electron chi connectivity index (χ3n) is 3.16. The predicted molar refractivity (Wildman–Crippen MR) is 80.1 cm³/mol. The van der Waals surface area contributed by atoms with Crippen molar-refractivity contribution in [3.05, 3.63) is 24.0 Å². The molecule has 0 N–H and O–H groups in total. The van der Waals surface area contributed by atoms with E-state index in [4.69, 9.17) is 21.1 Å². The zero-order valence-corrected chi connectivity index (χ0v) is 12.7. The highest BCUT2D eigenvalue weighted by atomic mass is 35.5. The van der Waals surface area contributed by atoms with Gasteiger partial charge in [-0.05, 0) is 32.8 Å². The number of halogens is 1. The number of nitrogens with zero attached hydrogens (tertiary/aromatic N) is 1. The standard InChI is InChI=1S/C16H20ClNO2/c1-16(2)7-6-14(20-16)12-19-15-9-13(10-18-11-15)5-3-4-8-17/h9-11,14H,4,6-8,12H2,1-2H3. The molecular weight excluding hydrogens is 274 g/mol. The van der Waals surface area contributed by atoms with E-state index >= 15 is 0 Å². The second kappa shape index (κ2) is 6.97. The average Bonchev–Trinajstić information content (AvgIpc) is 2.77. The minimum absolute atomic E-state index is 0.0266. The Bertz CT molecular complexity index is 505. The van der Waals surface area contributed by atoms with Gasteiger partial charge >= 0.3 is 0 Å². The molecule has 2 heterocycles. The van der Waals surface area contributed by atoms with Crippen molar-refractivity contribution in [3.8, 4) is 17.6 Å². The molecule has 0 aliphatic carbocycles. The fourth-order valence-electron chi connectivity index (χ4n) is 2.16. The summed E-state index contributed by atoms with van der Waals surface area (Å²) < 4.78 is 11.6. The summed E-state index contributed by atoms with van der Waals surface area (Å²) in [7, 11) is 0. The van der Waals surface area contributed by atoms with E-state index in [-0.39, 0.29) is 11.7 Å². The minimum atomic E-state index is -0.0266. The zero-order valence-electron chi connectivity index (χ0n) is 12.0. The number of rotatable bonds is 4. The fourth-order valence-corrected chi connectivity index (χ4v) is 2.26. The lowest BCUT2D eigenvalue weighted by Gasteiger charge is -2.19. The maximum Gasteiger partial charge on any atom is 0.138 e. The highest BCUT2D eigenvalue weighted by molar-refractivity contribution is 6.18. The van der Waals surface area contributed by atoms with Crippen LogP contribution in [0.3, 0.4) is 0 Å². The monoisotopic (exact) mass is 293 g/mol. The van der Waals surface area contributed by atoms with Crippen molar-refractivity contribution in [1.29, 1.82) is 0 Å². The van der Waals surface area contributed by atoms with Gasteiger partial charge in [0, 0.05) is 24.1 Å². The summed E-state index contributed by atoms with van der Waals surface area (Å²) >= 11 is 5.59. The normalized spacial score (nSPS) is 20.2. The first-order valence-corrected chi connectivity index (χ1v) is 7.43. The largest absolute Gasteiger partial charge is 0.489 e. The molecule has 1 aromatic heterocycles. The number of ether oxygens (including phenoxy) is 2. The second-order valence-electron chi connectivity index (χ2n) is 5.50. The van der Waals surface area contributed by atoms with Crippen LogP contribution in [0, 0.1) is 11.8 Å². The Balaban J connectivity index is 1.87. The summed E-state index contributed by atoms with van der Waals surface area (Å²) in [5.74, 6) is 7.28. The molecule has 1 aliphatic heterocycles. The minimum Gasteiger partial charge on any atom is -0.489 e. The molecule has 4 heteroatoms. The summed E-state index contributed by atoms with van der Waals surface area (Å²) in [5, 5.41) is 0. The molecule has 1 aliphatic rings. The molecule has 0 spiro atoms. The average molecular weight is 294 g/mol. The quantitative estimate of drug-likeness (QED) is 0.630. The van der Waals surface area contributed by atoms with Crippen molar-refractivity contribution in [3.63, 3.8) is 0 Å². The molecule has 0 bridgehead atoms. The van der Waals surface area contributed by atoms with Crippen molar-refractivity contribution < 1.29 is 9.47 Å². The molecule has 0 saturated carbocycles. The van der Waals surface area contributed by atoms with Gasteiger partial charge in [-0.3, -0.25) is 4.98 Å². The molecule has 1 saturated heterocycles.